The Hall–Kier alpha value is -3.63. The minimum atomic E-state index is 0. The van der Waals surface area contributed by atoms with E-state index in [1.807, 2.05) is 24.3 Å². The third kappa shape index (κ3) is 8.05. The van der Waals surface area contributed by atoms with Crippen molar-refractivity contribution in [3.63, 3.8) is 0 Å². The van der Waals surface area contributed by atoms with Gasteiger partial charge >= 0.3 is 0 Å². The van der Waals surface area contributed by atoms with Crippen molar-refractivity contribution >= 4 is 28.5 Å². The molecule has 0 atom stereocenters. The maximum Gasteiger partial charge on any atom is 0.123 e. The molecule has 3 nitrogen and oxygen atoms in total. The molecule has 0 aromatic heterocycles. The molecule has 2 N–H and O–H groups in total. The van der Waals surface area contributed by atoms with Crippen molar-refractivity contribution in [2.45, 2.75) is 19.6 Å². The molecule has 4 rings (SSSR count). The van der Waals surface area contributed by atoms with E-state index in [0.717, 1.165) is 23.6 Å². The van der Waals surface area contributed by atoms with Gasteiger partial charge in [0.25, 0.3) is 0 Å². The van der Waals surface area contributed by atoms with E-state index in [9.17, 15) is 0 Å². The molecule has 0 saturated heterocycles. The Labute approximate surface area is 213 Å². The number of rotatable bonds is 9. The van der Waals surface area contributed by atoms with E-state index in [-0.39, 0.29) is 17.0 Å². The average Bonchev–Trinajstić information content (AvgIpc) is 2.90. The number of aliphatic imine (C=N–C) groups is 1. The standard InChI is InChI=1S/C30H29N3.BrH/c1-5-13-25(14-6-1)22-31-29(28-19-11-4-12-20-28)21-30(32-23-26-15-7-2-8-16-26)33-24-27-17-9-3-10-18-27;/h1-21,31H,22-24H2,(H,32,33);1H/b29-21-;. The number of nitrogens with one attached hydrogen (secondary N) is 2. The summed E-state index contributed by atoms with van der Waals surface area (Å²) >= 11 is 0. The Kier molecular flexibility index (Phi) is 10.2. The third-order valence-electron chi connectivity index (χ3n) is 5.28. The minimum absolute atomic E-state index is 0. The summed E-state index contributed by atoms with van der Waals surface area (Å²) in [6.45, 7) is 2.08. The van der Waals surface area contributed by atoms with Crippen molar-refractivity contribution in [2.24, 2.45) is 4.99 Å². The molecule has 0 heterocycles. The molecule has 172 valence electrons. The van der Waals surface area contributed by atoms with Crippen LogP contribution in [-0.2, 0) is 19.6 Å². The molecule has 0 aliphatic carbocycles. The highest BCUT2D eigenvalue weighted by molar-refractivity contribution is 8.93. The molecule has 0 saturated carbocycles. The van der Waals surface area contributed by atoms with E-state index in [2.05, 4.69) is 114 Å². The lowest BCUT2D eigenvalue weighted by Gasteiger charge is -2.14. The Morgan fingerprint density at radius 1 is 0.559 bits per heavy atom. The maximum absolute atomic E-state index is 4.92. The lowest BCUT2D eigenvalue weighted by atomic mass is 10.1. The Morgan fingerprint density at radius 3 is 1.53 bits per heavy atom. The Balaban J connectivity index is 0.00000324. The first-order valence-corrected chi connectivity index (χ1v) is 11.3. The molecule has 0 spiro atoms. The summed E-state index contributed by atoms with van der Waals surface area (Å²) in [6, 6.07) is 41.6. The van der Waals surface area contributed by atoms with Crippen LogP contribution in [-0.4, -0.2) is 5.84 Å². The highest BCUT2D eigenvalue weighted by Crippen LogP contribution is 2.13. The second kappa shape index (κ2) is 13.8. The molecule has 4 heteroatoms. The first kappa shape index (κ1) is 25.0. The van der Waals surface area contributed by atoms with Gasteiger partial charge < -0.3 is 10.6 Å². The highest BCUT2D eigenvalue weighted by atomic mass is 79.9. The zero-order valence-electron chi connectivity index (χ0n) is 19.1. The van der Waals surface area contributed by atoms with E-state index < -0.39 is 0 Å². The summed E-state index contributed by atoms with van der Waals surface area (Å²) in [7, 11) is 0. The highest BCUT2D eigenvalue weighted by Gasteiger charge is 2.05. The normalized spacial score (nSPS) is 11.4. The van der Waals surface area contributed by atoms with Crippen molar-refractivity contribution in [3.8, 4) is 0 Å². The predicted molar refractivity (Wildman–Crippen MR) is 149 cm³/mol. The topological polar surface area (TPSA) is 36.4 Å². The van der Waals surface area contributed by atoms with Crippen LogP contribution in [0.3, 0.4) is 0 Å². The lowest BCUT2D eigenvalue weighted by molar-refractivity contribution is 0.881. The molecule has 0 aliphatic rings. The van der Waals surface area contributed by atoms with Crippen LogP contribution in [0.5, 0.6) is 0 Å². The van der Waals surface area contributed by atoms with Gasteiger partial charge in [0.1, 0.15) is 5.84 Å². The third-order valence-corrected chi connectivity index (χ3v) is 5.28. The van der Waals surface area contributed by atoms with Crippen LogP contribution in [0.2, 0.25) is 0 Å². The van der Waals surface area contributed by atoms with Crippen LogP contribution < -0.4 is 10.6 Å². The minimum Gasteiger partial charge on any atom is -0.380 e. The van der Waals surface area contributed by atoms with Crippen LogP contribution in [0, 0.1) is 0 Å². The summed E-state index contributed by atoms with van der Waals surface area (Å²) in [6.07, 6.45) is 2.12. The number of nitrogens with zero attached hydrogens (tertiary/aromatic N) is 1. The van der Waals surface area contributed by atoms with Gasteiger partial charge in [-0.3, -0.25) is 4.99 Å². The Morgan fingerprint density at radius 2 is 1.00 bits per heavy atom. The largest absolute Gasteiger partial charge is 0.380 e. The van der Waals surface area contributed by atoms with E-state index >= 15 is 0 Å². The average molecular weight is 512 g/mol. The summed E-state index contributed by atoms with van der Waals surface area (Å²) in [5.74, 6) is 0.849. The summed E-state index contributed by atoms with van der Waals surface area (Å²) in [5.41, 5.74) is 5.80. The molecule has 0 amide bonds. The fourth-order valence-electron chi connectivity index (χ4n) is 3.48. The molecular weight excluding hydrogens is 482 g/mol. The van der Waals surface area contributed by atoms with Crippen molar-refractivity contribution in [1.82, 2.24) is 10.6 Å². The van der Waals surface area contributed by atoms with Gasteiger partial charge in [0.05, 0.1) is 6.54 Å². The van der Waals surface area contributed by atoms with Gasteiger partial charge in [-0.15, -0.1) is 17.0 Å². The second-order valence-corrected chi connectivity index (χ2v) is 7.79. The molecule has 0 radical (unpaired) electrons. The van der Waals surface area contributed by atoms with Gasteiger partial charge in [0, 0.05) is 24.9 Å². The summed E-state index contributed by atoms with van der Waals surface area (Å²) in [5, 5.41) is 7.16. The molecular formula is C30H30BrN3. The van der Waals surface area contributed by atoms with Crippen molar-refractivity contribution in [3.05, 3.63) is 150 Å². The van der Waals surface area contributed by atoms with Crippen molar-refractivity contribution in [1.29, 1.82) is 0 Å². The number of hydrogen-bond acceptors (Lipinski definition) is 2. The van der Waals surface area contributed by atoms with E-state index in [4.69, 9.17) is 4.99 Å². The van der Waals surface area contributed by atoms with Crippen molar-refractivity contribution in [2.75, 3.05) is 0 Å². The number of benzene rings is 4. The van der Waals surface area contributed by atoms with Gasteiger partial charge in [-0.25, -0.2) is 0 Å². The number of amidine groups is 1. The zero-order chi connectivity index (χ0) is 22.6. The smallest absolute Gasteiger partial charge is 0.123 e. The van der Waals surface area contributed by atoms with Gasteiger partial charge in [-0.1, -0.05) is 121 Å². The van der Waals surface area contributed by atoms with Gasteiger partial charge in [0.2, 0.25) is 0 Å². The van der Waals surface area contributed by atoms with Gasteiger partial charge in [-0.2, -0.15) is 0 Å². The van der Waals surface area contributed by atoms with E-state index in [1.165, 1.54) is 16.7 Å². The first-order chi connectivity index (χ1) is 16.4. The van der Waals surface area contributed by atoms with Gasteiger partial charge in [0.15, 0.2) is 0 Å². The van der Waals surface area contributed by atoms with Crippen LogP contribution in [0.4, 0.5) is 0 Å². The van der Waals surface area contributed by atoms with E-state index in [1.54, 1.807) is 0 Å². The molecule has 4 aromatic rings. The lowest BCUT2D eigenvalue weighted by Crippen LogP contribution is -2.23. The predicted octanol–water partition coefficient (Wildman–Crippen LogP) is 6.78. The second-order valence-electron chi connectivity index (χ2n) is 7.79. The molecule has 0 unspecified atom stereocenters. The SMILES string of the molecule is Br.C(/C(=NCc1ccccc1)NCc1ccccc1)=C(/NCc1ccccc1)c1ccccc1. The quantitative estimate of drug-likeness (QED) is 0.192. The first-order valence-electron chi connectivity index (χ1n) is 11.3. The van der Waals surface area contributed by atoms with Crippen molar-refractivity contribution < 1.29 is 0 Å². The summed E-state index contributed by atoms with van der Waals surface area (Å²) in [4.78, 5) is 4.92. The zero-order valence-corrected chi connectivity index (χ0v) is 20.8. The van der Waals surface area contributed by atoms with Gasteiger partial charge in [-0.05, 0) is 22.3 Å². The maximum atomic E-state index is 4.92. The van der Waals surface area contributed by atoms with Crippen LogP contribution in [0.1, 0.15) is 22.3 Å². The fourth-order valence-corrected chi connectivity index (χ4v) is 3.48. The molecule has 34 heavy (non-hydrogen) atoms. The molecule has 0 aliphatic heterocycles. The van der Waals surface area contributed by atoms with Crippen LogP contribution in [0.15, 0.2) is 132 Å². The van der Waals surface area contributed by atoms with Crippen LogP contribution in [0.25, 0.3) is 5.70 Å². The van der Waals surface area contributed by atoms with Crippen LogP contribution >= 0.6 is 17.0 Å². The molecule has 4 aromatic carbocycles. The van der Waals surface area contributed by atoms with E-state index in [0.29, 0.717) is 13.1 Å². The Bertz CT molecular complexity index is 1160. The number of hydrogen-bond donors (Lipinski definition) is 2. The molecule has 0 fully saturated rings. The summed E-state index contributed by atoms with van der Waals surface area (Å²) < 4.78 is 0. The molecule has 0 bridgehead atoms. The number of halogens is 1. The fraction of sp³-hybridized carbons (Fsp3) is 0.100. The monoisotopic (exact) mass is 511 g/mol.